The van der Waals surface area contributed by atoms with Crippen molar-refractivity contribution in [1.82, 2.24) is 15.2 Å². The van der Waals surface area contributed by atoms with Crippen molar-refractivity contribution >= 4 is 5.91 Å². The fraction of sp³-hybridized carbons (Fsp3) is 0.0625. The Bertz CT molecular complexity index is 857. The molecule has 0 atom stereocenters. The number of primary amides is 1. The second-order valence-corrected chi connectivity index (χ2v) is 4.85. The highest BCUT2D eigenvalue weighted by Crippen LogP contribution is 2.31. The fourth-order valence-corrected chi connectivity index (χ4v) is 2.28. The van der Waals surface area contributed by atoms with Crippen molar-refractivity contribution in [2.45, 2.75) is 6.92 Å². The Morgan fingerprint density at radius 2 is 1.77 bits per heavy atom. The number of halogens is 1. The maximum absolute atomic E-state index is 14.8. The zero-order chi connectivity index (χ0) is 15.7. The van der Waals surface area contributed by atoms with Crippen LogP contribution in [0.4, 0.5) is 4.39 Å². The van der Waals surface area contributed by atoms with E-state index in [2.05, 4.69) is 15.2 Å². The Labute approximate surface area is 126 Å². The number of aromatic nitrogens is 3. The van der Waals surface area contributed by atoms with Crippen LogP contribution in [-0.4, -0.2) is 21.1 Å². The quantitative estimate of drug-likeness (QED) is 0.779. The van der Waals surface area contributed by atoms with Crippen LogP contribution in [0.5, 0.6) is 0 Å². The van der Waals surface area contributed by atoms with E-state index in [9.17, 15) is 9.18 Å². The van der Waals surface area contributed by atoms with Gasteiger partial charge in [-0.2, -0.15) is 5.10 Å². The molecule has 22 heavy (non-hydrogen) atoms. The van der Waals surface area contributed by atoms with Gasteiger partial charge < -0.3 is 5.73 Å². The summed E-state index contributed by atoms with van der Waals surface area (Å²) in [7, 11) is 0. The first-order chi connectivity index (χ1) is 10.6. The number of rotatable bonds is 3. The standard InChI is InChI=1S/C16H13FN4O/c1-9-5-2-3-6-10(9)11-7-4-8-12(13(11)17)15-19-16(14(18)22)21-20-15/h2-8H,1H3,(H2,18,22)(H,19,20,21). The van der Waals surface area contributed by atoms with Crippen molar-refractivity contribution in [3.63, 3.8) is 0 Å². The topological polar surface area (TPSA) is 84.7 Å². The van der Waals surface area contributed by atoms with Crippen LogP contribution in [0.2, 0.25) is 0 Å². The average molecular weight is 296 g/mol. The molecule has 0 unspecified atom stereocenters. The maximum atomic E-state index is 14.8. The smallest absolute Gasteiger partial charge is 0.286 e. The van der Waals surface area contributed by atoms with Crippen molar-refractivity contribution in [2.75, 3.05) is 0 Å². The lowest BCUT2D eigenvalue weighted by molar-refractivity contribution is 0.0991. The van der Waals surface area contributed by atoms with Crippen molar-refractivity contribution in [1.29, 1.82) is 0 Å². The minimum absolute atomic E-state index is 0.0988. The van der Waals surface area contributed by atoms with Crippen molar-refractivity contribution in [3.8, 4) is 22.5 Å². The number of nitrogens with one attached hydrogen (secondary N) is 1. The van der Waals surface area contributed by atoms with E-state index >= 15 is 0 Å². The van der Waals surface area contributed by atoms with Gasteiger partial charge in [0.2, 0.25) is 5.82 Å². The molecule has 1 amide bonds. The van der Waals surface area contributed by atoms with E-state index in [0.29, 0.717) is 5.56 Å². The van der Waals surface area contributed by atoms with Crippen LogP contribution in [0, 0.1) is 12.7 Å². The van der Waals surface area contributed by atoms with Crippen molar-refractivity contribution in [3.05, 3.63) is 59.7 Å². The Morgan fingerprint density at radius 1 is 1.09 bits per heavy atom. The number of aryl methyl sites for hydroxylation is 1. The lowest BCUT2D eigenvalue weighted by Gasteiger charge is -2.09. The minimum atomic E-state index is -0.741. The molecule has 3 N–H and O–H groups in total. The molecule has 0 spiro atoms. The number of nitrogens with two attached hydrogens (primary N) is 1. The van der Waals surface area contributed by atoms with Crippen molar-refractivity contribution < 1.29 is 9.18 Å². The molecule has 0 aliphatic carbocycles. The molecule has 0 saturated heterocycles. The van der Waals surface area contributed by atoms with Gasteiger partial charge in [-0.1, -0.05) is 36.4 Å². The molecule has 2 aromatic carbocycles. The second-order valence-electron chi connectivity index (χ2n) is 4.85. The lowest BCUT2D eigenvalue weighted by Crippen LogP contribution is -2.12. The highest BCUT2D eigenvalue weighted by molar-refractivity contribution is 5.89. The monoisotopic (exact) mass is 296 g/mol. The summed E-state index contributed by atoms with van der Waals surface area (Å²) in [5.74, 6) is -1.18. The largest absolute Gasteiger partial charge is 0.363 e. The number of amides is 1. The highest BCUT2D eigenvalue weighted by Gasteiger charge is 2.17. The first kappa shape index (κ1) is 13.9. The second kappa shape index (κ2) is 5.40. The Hall–Kier alpha value is -3.02. The molecule has 1 aromatic heterocycles. The van der Waals surface area contributed by atoms with Crippen LogP contribution in [0.1, 0.15) is 16.2 Å². The first-order valence-corrected chi connectivity index (χ1v) is 6.65. The molecule has 6 heteroatoms. The van der Waals surface area contributed by atoms with Gasteiger partial charge >= 0.3 is 0 Å². The van der Waals surface area contributed by atoms with Gasteiger partial charge in [0.1, 0.15) is 5.82 Å². The molecule has 0 aliphatic rings. The van der Waals surface area contributed by atoms with E-state index in [1.807, 2.05) is 31.2 Å². The summed E-state index contributed by atoms with van der Waals surface area (Å²) in [6, 6.07) is 12.5. The van der Waals surface area contributed by atoms with E-state index in [-0.39, 0.29) is 17.2 Å². The molecule has 0 aliphatic heterocycles. The van der Waals surface area contributed by atoms with Crippen LogP contribution >= 0.6 is 0 Å². The van der Waals surface area contributed by atoms with Crippen LogP contribution in [0.3, 0.4) is 0 Å². The summed E-state index contributed by atoms with van der Waals surface area (Å²) < 4.78 is 14.8. The molecule has 0 fully saturated rings. The molecular weight excluding hydrogens is 283 g/mol. The number of H-pyrrole nitrogens is 1. The Kier molecular flexibility index (Phi) is 3.42. The van der Waals surface area contributed by atoms with Crippen LogP contribution in [-0.2, 0) is 0 Å². The predicted molar refractivity (Wildman–Crippen MR) is 80.5 cm³/mol. The SMILES string of the molecule is Cc1ccccc1-c1cccc(-c2n[nH]c(C(N)=O)n2)c1F. The summed E-state index contributed by atoms with van der Waals surface area (Å²) in [5.41, 5.74) is 7.55. The van der Waals surface area contributed by atoms with Gasteiger partial charge in [-0.15, -0.1) is 0 Å². The summed E-state index contributed by atoms with van der Waals surface area (Å²) in [6.45, 7) is 1.92. The van der Waals surface area contributed by atoms with Crippen LogP contribution in [0.25, 0.3) is 22.5 Å². The summed E-state index contributed by atoms with van der Waals surface area (Å²) >= 11 is 0. The van der Waals surface area contributed by atoms with E-state index in [1.165, 1.54) is 0 Å². The van der Waals surface area contributed by atoms with Gasteiger partial charge in [0.15, 0.2) is 5.82 Å². The number of carbonyl (C=O) groups is 1. The number of benzene rings is 2. The third-order valence-electron chi connectivity index (χ3n) is 3.39. The molecule has 0 bridgehead atoms. The molecule has 0 saturated carbocycles. The van der Waals surface area contributed by atoms with Crippen LogP contribution in [0.15, 0.2) is 42.5 Å². The maximum Gasteiger partial charge on any atom is 0.286 e. The molecule has 0 radical (unpaired) electrons. The number of hydrogen-bond donors (Lipinski definition) is 2. The molecule has 5 nitrogen and oxygen atoms in total. The summed E-state index contributed by atoms with van der Waals surface area (Å²) in [6.07, 6.45) is 0. The van der Waals surface area contributed by atoms with E-state index in [4.69, 9.17) is 5.73 Å². The summed E-state index contributed by atoms with van der Waals surface area (Å²) in [4.78, 5) is 15.0. The Balaban J connectivity index is 2.13. The van der Waals surface area contributed by atoms with Gasteiger partial charge in [-0.3, -0.25) is 9.89 Å². The number of aromatic amines is 1. The van der Waals surface area contributed by atoms with Gasteiger partial charge in [-0.25, -0.2) is 9.37 Å². The third-order valence-corrected chi connectivity index (χ3v) is 3.39. The zero-order valence-corrected chi connectivity index (χ0v) is 11.8. The number of nitrogens with zero attached hydrogens (tertiary/aromatic N) is 2. The molecule has 1 heterocycles. The minimum Gasteiger partial charge on any atom is -0.363 e. The fourth-order valence-electron chi connectivity index (χ4n) is 2.28. The van der Waals surface area contributed by atoms with Crippen LogP contribution < -0.4 is 5.73 Å². The van der Waals surface area contributed by atoms with Gasteiger partial charge in [0, 0.05) is 5.56 Å². The number of carbonyl (C=O) groups excluding carboxylic acids is 1. The average Bonchev–Trinajstić information content (AvgIpc) is 2.98. The van der Waals surface area contributed by atoms with Gasteiger partial charge in [-0.05, 0) is 24.1 Å². The molecule has 3 aromatic rings. The van der Waals surface area contributed by atoms with E-state index in [0.717, 1.165) is 11.1 Å². The Morgan fingerprint density at radius 3 is 2.45 bits per heavy atom. The van der Waals surface area contributed by atoms with E-state index in [1.54, 1.807) is 18.2 Å². The first-order valence-electron chi connectivity index (χ1n) is 6.65. The van der Waals surface area contributed by atoms with Gasteiger partial charge in [0.25, 0.3) is 5.91 Å². The molecule has 110 valence electrons. The zero-order valence-electron chi connectivity index (χ0n) is 11.8. The third kappa shape index (κ3) is 2.35. The summed E-state index contributed by atoms with van der Waals surface area (Å²) in [5, 5.41) is 6.25. The highest BCUT2D eigenvalue weighted by atomic mass is 19.1. The van der Waals surface area contributed by atoms with Crippen molar-refractivity contribution in [2.24, 2.45) is 5.73 Å². The molecular formula is C16H13FN4O. The lowest BCUT2D eigenvalue weighted by atomic mass is 9.98. The molecule has 3 rings (SSSR count). The predicted octanol–water partition coefficient (Wildman–Crippen LogP) is 2.69. The number of hydrogen-bond acceptors (Lipinski definition) is 3. The van der Waals surface area contributed by atoms with Gasteiger partial charge in [0.05, 0.1) is 5.56 Å². The van der Waals surface area contributed by atoms with E-state index < -0.39 is 11.7 Å². The normalized spacial score (nSPS) is 10.6.